The van der Waals surface area contributed by atoms with Crippen molar-refractivity contribution in [2.45, 2.75) is 51.0 Å². The van der Waals surface area contributed by atoms with Gasteiger partial charge in [-0.1, -0.05) is 55.8 Å². The van der Waals surface area contributed by atoms with Crippen molar-refractivity contribution in [1.82, 2.24) is 5.43 Å². The number of para-hydroxylation sites is 1. The van der Waals surface area contributed by atoms with Gasteiger partial charge >= 0.3 is 0 Å². The van der Waals surface area contributed by atoms with Crippen molar-refractivity contribution in [1.29, 1.82) is 0 Å². The van der Waals surface area contributed by atoms with Crippen LogP contribution in [-0.4, -0.2) is 0 Å². The van der Waals surface area contributed by atoms with Crippen LogP contribution in [0.4, 0.5) is 0 Å². The summed E-state index contributed by atoms with van der Waals surface area (Å²) in [5.74, 6) is 7.47. The summed E-state index contributed by atoms with van der Waals surface area (Å²) in [6.45, 7) is 0. The van der Waals surface area contributed by atoms with E-state index < -0.39 is 0 Å². The summed E-state index contributed by atoms with van der Waals surface area (Å²) in [6, 6.07) is 7.92. The minimum Gasteiger partial charge on any atom is -0.458 e. The number of furan rings is 1. The second-order valence-electron chi connectivity index (χ2n) is 6.11. The molecular weight excluding hydrogens is 284 g/mol. The van der Waals surface area contributed by atoms with E-state index in [-0.39, 0.29) is 6.04 Å². The van der Waals surface area contributed by atoms with Crippen LogP contribution in [0.2, 0.25) is 5.02 Å². The Morgan fingerprint density at radius 1 is 1.29 bits per heavy atom. The predicted molar refractivity (Wildman–Crippen MR) is 87.1 cm³/mol. The molecule has 1 atom stereocenters. The molecular formula is C17H23ClN2O. The van der Waals surface area contributed by atoms with Gasteiger partial charge in [-0.05, 0) is 30.9 Å². The molecule has 0 amide bonds. The summed E-state index contributed by atoms with van der Waals surface area (Å²) >= 11 is 6.17. The van der Waals surface area contributed by atoms with Crippen LogP contribution in [0.3, 0.4) is 0 Å². The van der Waals surface area contributed by atoms with Crippen molar-refractivity contribution < 1.29 is 4.42 Å². The zero-order chi connectivity index (χ0) is 14.7. The zero-order valence-corrected chi connectivity index (χ0v) is 13.0. The maximum atomic E-state index is 6.17. The maximum absolute atomic E-state index is 6.17. The highest BCUT2D eigenvalue weighted by atomic mass is 35.5. The molecule has 1 heterocycles. The van der Waals surface area contributed by atoms with E-state index in [1.807, 2.05) is 24.3 Å². The number of hydrogen-bond donors (Lipinski definition) is 2. The molecule has 1 fully saturated rings. The standard InChI is InChI=1S/C17H23ClN2O/c18-14-8-4-7-13-11-16(21-17(13)14)15(20-19)10-9-12-5-2-1-3-6-12/h4,7-8,11-12,15,20H,1-3,5-6,9-10,19H2. The van der Waals surface area contributed by atoms with Crippen LogP contribution in [-0.2, 0) is 0 Å². The lowest BCUT2D eigenvalue weighted by Gasteiger charge is -2.23. The first kappa shape index (κ1) is 14.9. The van der Waals surface area contributed by atoms with Crippen LogP contribution in [0.1, 0.15) is 56.7 Å². The van der Waals surface area contributed by atoms with Crippen LogP contribution in [0, 0.1) is 5.92 Å². The summed E-state index contributed by atoms with van der Waals surface area (Å²) in [5.41, 5.74) is 3.66. The summed E-state index contributed by atoms with van der Waals surface area (Å²) in [4.78, 5) is 0. The van der Waals surface area contributed by atoms with E-state index in [0.717, 1.165) is 29.1 Å². The summed E-state index contributed by atoms with van der Waals surface area (Å²) in [5, 5.41) is 1.69. The lowest BCUT2D eigenvalue weighted by Crippen LogP contribution is -2.28. The molecule has 4 heteroatoms. The number of rotatable bonds is 5. The molecule has 3 rings (SSSR count). The van der Waals surface area contributed by atoms with Gasteiger partial charge in [-0.25, -0.2) is 5.43 Å². The van der Waals surface area contributed by atoms with Crippen molar-refractivity contribution in [2.24, 2.45) is 11.8 Å². The minimum atomic E-state index is 0.0652. The lowest BCUT2D eigenvalue weighted by atomic mass is 9.85. The molecule has 1 aliphatic rings. The Balaban J connectivity index is 1.70. The van der Waals surface area contributed by atoms with E-state index in [2.05, 4.69) is 5.43 Å². The molecule has 0 saturated heterocycles. The average molecular weight is 307 g/mol. The third-order valence-electron chi connectivity index (χ3n) is 4.65. The van der Waals surface area contributed by atoms with Gasteiger partial charge in [0.1, 0.15) is 5.76 Å². The second-order valence-corrected chi connectivity index (χ2v) is 6.51. The Kier molecular flexibility index (Phi) is 4.84. The number of nitrogens with one attached hydrogen (secondary N) is 1. The molecule has 1 unspecified atom stereocenters. The van der Waals surface area contributed by atoms with Crippen molar-refractivity contribution in [3.8, 4) is 0 Å². The van der Waals surface area contributed by atoms with Gasteiger partial charge in [0.05, 0.1) is 11.1 Å². The Hall–Kier alpha value is -1.03. The highest BCUT2D eigenvalue weighted by Gasteiger charge is 2.19. The van der Waals surface area contributed by atoms with E-state index in [4.69, 9.17) is 21.9 Å². The molecule has 3 nitrogen and oxygen atoms in total. The van der Waals surface area contributed by atoms with E-state index in [9.17, 15) is 0 Å². The molecule has 1 aromatic carbocycles. The normalized spacial score (nSPS) is 18.2. The number of fused-ring (bicyclic) bond motifs is 1. The van der Waals surface area contributed by atoms with Gasteiger partial charge in [-0.3, -0.25) is 5.84 Å². The summed E-state index contributed by atoms with van der Waals surface area (Å²) in [6.07, 6.45) is 9.11. The fourth-order valence-corrected chi connectivity index (χ4v) is 3.63. The number of nitrogens with two attached hydrogens (primary N) is 1. The highest BCUT2D eigenvalue weighted by molar-refractivity contribution is 6.34. The molecule has 0 spiro atoms. The minimum absolute atomic E-state index is 0.0652. The van der Waals surface area contributed by atoms with Gasteiger partial charge in [-0.2, -0.15) is 0 Å². The fourth-order valence-electron chi connectivity index (χ4n) is 3.41. The smallest absolute Gasteiger partial charge is 0.152 e. The molecule has 2 aromatic rings. The Morgan fingerprint density at radius 2 is 2.10 bits per heavy atom. The first-order chi connectivity index (χ1) is 10.3. The Morgan fingerprint density at radius 3 is 2.81 bits per heavy atom. The third-order valence-corrected chi connectivity index (χ3v) is 4.95. The maximum Gasteiger partial charge on any atom is 0.152 e. The van der Waals surface area contributed by atoms with Gasteiger partial charge in [0.15, 0.2) is 5.58 Å². The van der Waals surface area contributed by atoms with E-state index >= 15 is 0 Å². The monoisotopic (exact) mass is 306 g/mol. The first-order valence-electron chi connectivity index (χ1n) is 7.92. The van der Waals surface area contributed by atoms with Crippen molar-refractivity contribution in [3.63, 3.8) is 0 Å². The van der Waals surface area contributed by atoms with Gasteiger partial charge in [0.25, 0.3) is 0 Å². The van der Waals surface area contributed by atoms with Crippen LogP contribution in [0.5, 0.6) is 0 Å². The molecule has 0 bridgehead atoms. The molecule has 3 N–H and O–H groups in total. The molecule has 21 heavy (non-hydrogen) atoms. The van der Waals surface area contributed by atoms with Gasteiger partial charge in [0, 0.05) is 5.39 Å². The van der Waals surface area contributed by atoms with Crippen molar-refractivity contribution in [2.75, 3.05) is 0 Å². The fraction of sp³-hybridized carbons (Fsp3) is 0.529. The number of halogens is 1. The topological polar surface area (TPSA) is 51.2 Å². The summed E-state index contributed by atoms with van der Waals surface area (Å²) < 4.78 is 5.92. The number of hydrogen-bond acceptors (Lipinski definition) is 3. The molecule has 1 saturated carbocycles. The van der Waals surface area contributed by atoms with Gasteiger partial charge in [-0.15, -0.1) is 0 Å². The zero-order valence-electron chi connectivity index (χ0n) is 12.3. The van der Waals surface area contributed by atoms with Crippen molar-refractivity contribution in [3.05, 3.63) is 35.0 Å². The highest BCUT2D eigenvalue weighted by Crippen LogP contribution is 2.33. The number of hydrazine groups is 1. The quantitative estimate of drug-likeness (QED) is 0.607. The van der Waals surface area contributed by atoms with Crippen molar-refractivity contribution >= 4 is 22.6 Å². The average Bonchev–Trinajstić information content (AvgIpc) is 2.94. The molecule has 1 aliphatic carbocycles. The lowest BCUT2D eigenvalue weighted by molar-refractivity contribution is 0.304. The van der Waals surface area contributed by atoms with Crippen LogP contribution < -0.4 is 11.3 Å². The largest absolute Gasteiger partial charge is 0.458 e. The van der Waals surface area contributed by atoms with Crippen LogP contribution in [0.25, 0.3) is 11.0 Å². The van der Waals surface area contributed by atoms with E-state index in [0.29, 0.717) is 5.02 Å². The van der Waals surface area contributed by atoms with Gasteiger partial charge < -0.3 is 4.42 Å². The Labute approximate surface area is 130 Å². The molecule has 0 radical (unpaired) electrons. The van der Waals surface area contributed by atoms with Crippen LogP contribution >= 0.6 is 11.6 Å². The van der Waals surface area contributed by atoms with E-state index in [1.54, 1.807) is 0 Å². The number of benzene rings is 1. The van der Waals surface area contributed by atoms with E-state index in [1.165, 1.54) is 38.5 Å². The SMILES string of the molecule is NNC(CCC1CCCCC1)c1cc2cccc(Cl)c2o1. The van der Waals surface area contributed by atoms with Gasteiger partial charge in [0.2, 0.25) is 0 Å². The molecule has 1 aromatic heterocycles. The molecule has 0 aliphatic heterocycles. The Bertz CT molecular complexity index is 589. The first-order valence-corrected chi connectivity index (χ1v) is 8.30. The van der Waals surface area contributed by atoms with Crippen LogP contribution in [0.15, 0.2) is 28.7 Å². The summed E-state index contributed by atoms with van der Waals surface area (Å²) in [7, 11) is 0. The third kappa shape index (κ3) is 3.42. The molecule has 114 valence electrons. The predicted octanol–water partition coefficient (Wildman–Crippen LogP) is 4.95. The second kappa shape index (κ2) is 6.82.